The van der Waals surface area contributed by atoms with Crippen molar-refractivity contribution in [2.24, 2.45) is 0 Å². The van der Waals surface area contributed by atoms with E-state index in [0.717, 1.165) is 5.69 Å². The van der Waals surface area contributed by atoms with Crippen molar-refractivity contribution in [3.63, 3.8) is 0 Å². The SMILES string of the molecule is CC(C)(CO)NC(=O)c1csc(Nc2ccc3c(c2)OCO3)n1. The highest BCUT2D eigenvalue weighted by atomic mass is 32.1. The quantitative estimate of drug-likeness (QED) is 0.775. The van der Waals surface area contributed by atoms with Crippen molar-refractivity contribution in [3.05, 3.63) is 29.3 Å². The Hall–Kier alpha value is -2.32. The smallest absolute Gasteiger partial charge is 0.271 e. The molecular weight excluding hydrogens is 318 g/mol. The molecule has 0 saturated carbocycles. The minimum Gasteiger partial charge on any atom is -0.454 e. The van der Waals surface area contributed by atoms with Crippen LogP contribution in [0.25, 0.3) is 0 Å². The minimum absolute atomic E-state index is 0.148. The second-order valence-electron chi connectivity index (χ2n) is 5.73. The number of carbonyl (C=O) groups excluding carboxylic acids is 1. The third-order valence-electron chi connectivity index (χ3n) is 3.21. The van der Waals surface area contributed by atoms with Gasteiger partial charge in [-0.15, -0.1) is 11.3 Å². The highest BCUT2D eigenvalue weighted by molar-refractivity contribution is 7.14. The van der Waals surface area contributed by atoms with Crippen molar-refractivity contribution in [2.75, 3.05) is 18.7 Å². The lowest BCUT2D eigenvalue weighted by Crippen LogP contribution is -2.46. The number of rotatable bonds is 5. The lowest BCUT2D eigenvalue weighted by molar-refractivity contribution is 0.0865. The van der Waals surface area contributed by atoms with Gasteiger partial charge in [-0.05, 0) is 26.0 Å². The minimum atomic E-state index is -0.689. The zero-order valence-electron chi connectivity index (χ0n) is 12.8. The topological polar surface area (TPSA) is 92.7 Å². The zero-order chi connectivity index (χ0) is 16.4. The molecule has 0 fully saturated rings. The summed E-state index contributed by atoms with van der Waals surface area (Å²) in [5.74, 6) is 1.06. The number of aliphatic hydroxyl groups is 1. The number of hydrogen-bond donors (Lipinski definition) is 3. The van der Waals surface area contributed by atoms with Gasteiger partial charge >= 0.3 is 0 Å². The number of hydrogen-bond acceptors (Lipinski definition) is 7. The molecule has 7 nitrogen and oxygen atoms in total. The van der Waals surface area contributed by atoms with Gasteiger partial charge in [0.1, 0.15) is 5.69 Å². The summed E-state index contributed by atoms with van der Waals surface area (Å²) in [5, 5.41) is 17.3. The fraction of sp³-hybridized carbons (Fsp3) is 0.333. The molecule has 1 aromatic carbocycles. The second kappa shape index (κ2) is 6.05. The first-order chi connectivity index (χ1) is 11.0. The summed E-state index contributed by atoms with van der Waals surface area (Å²) in [6.07, 6.45) is 0. The van der Waals surface area contributed by atoms with Gasteiger partial charge in [0.15, 0.2) is 16.6 Å². The normalized spacial score (nSPS) is 13.0. The summed E-state index contributed by atoms with van der Waals surface area (Å²) in [5.41, 5.74) is 0.414. The van der Waals surface area contributed by atoms with E-state index in [0.29, 0.717) is 22.3 Å². The van der Waals surface area contributed by atoms with Crippen LogP contribution in [0, 0.1) is 0 Å². The molecule has 122 valence electrons. The molecule has 2 heterocycles. The number of ether oxygens (including phenoxy) is 2. The molecule has 2 aromatic rings. The highest BCUT2D eigenvalue weighted by Gasteiger charge is 2.21. The first kappa shape index (κ1) is 15.6. The lowest BCUT2D eigenvalue weighted by atomic mass is 10.1. The Morgan fingerprint density at radius 1 is 1.39 bits per heavy atom. The molecule has 0 spiro atoms. The van der Waals surface area contributed by atoms with Gasteiger partial charge in [0.25, 0.3) is 5.91 Å². The number of aromatic nitrogens is 1. The standard InChI is InChI=1S/C15H17N3O4S/c1-15(2,7-19)18-13(20)10-6-23-14(17-10)16-9-3-4-11-12(5-9)22-8-21-11/h3-6,19H,7-8H2,1-2H3,(H,16,17)(H,18,20). The first-order valence-electron chi connectivity index (χ1n) is 7.02. The van der Waals surface area contributed by atoms with Gasteiger partial charge in [0.05, 0.1) is 12.1 Å². The third-order valence-corrected chi connectivity index (χ3v) is 3.97. The molecule has 0 radical (unpaired) electrons. The van der Waals surface area contributed by atoms with Crippen LogP contribution in [0.5, 0.6) is 11.5 Å². The number of thiazole rings is 1. The Bertz CT molecular complexity index is 729. The van der Waals surface area contributed by atoms with E-state index >= 15 is 0 Å². The summed E-state index contributed by atoms with van der Waals surface area (Å²) < 4.78 is 10.6. The van der Waals surface area contributed by atoms with Crippen LogP contribution < -0.4 is 20.1 Å². The summed E-state index contributed by atoms with van der Waals surface area (Å²) in [6.45, 7) is 3.55. The van der Waals surface area contributed by atoms with Crippen molar-refractivity contribution in [2.45, 2.75) is 19.4 Å². The van der Waals surface area contributed by atoms with Crippen LogP contribution >= 0.6 is 11.3 Å². The molecule has 1 amide bonds. The summed E-state index contributed by atoms with van der Waals surface area (Å²) in [7, 11) is 0. The number of benzene rings is 1. The molecule has 8 heteroatoms. The number of carbonyl (C=O) groups is 1. The van der Waals surface area contributed by atoms with Crippen LogP contribution in [0.3, 0.4) is 0 Å². The number of nitrogens with one attached hydrogen (secondary N) is 2. The van der Waals surface area contributed by atoms with Gasteiger partial charge in [-0.1, -0.05) is 0 Å². The lowest BCUT2D eigenvalue weighted by Gasteiger charge is -2.22. The number of fused-ring (bicyclic) bond motifs is 1. The molecular formula is C15H17N3O4S. The Morgan fingerprint density at radius 3 is 2.96 bits per heavy atom. The molecule has 1 aliphatic rings. The zero-order valence-corrected chi connectivity index (χ0v) is 13.6. The summed E-state index contributed by atoms with van der Waals surface area (Å²) in [6, 6.07) is 5.48. The van der Waals surface area contributed by atoms with Gasteiger partial charge in [-0.3, -0.25) is 4.79 Å². The van der Waals surface area contributed by atoms with Crippen molar-refractivity contribution in [3.8, 4) is 11.5 Å². The molecule has 0 bridgehead atoms. The maximum Gasteiger partial charge on any atom is 0.271 e. The van der Waals surface area contributed by atoms with E-state index < -0.39 is 5.54 Å². The maximum absolute atomic E-state index is 12.1. The Balaban J connectivity index is 1.69. The van der Waals surface area contributed by atoms with Gasteiger partial charge in [0.2, 0.25) is 6.79 Å². The number of anilines is 2. The van der Waals surface area contributed by atoms with E-state index in [4.69, 9.17) is 9.47 Å². The molecule has 0 unspecified atom stereocenters. The van der Waals surface area contributed by atoms with Gasteiger partial charge in [0, 0.05) is 17.1 Å². The number of nitrogens with zero attached hydrogens (tertiary/aromatic N) is 1. The van der Waals surface area contributed by atoms with Crippen molar-refractivity contribution >= 4 is 28.1 Å². The van der Waals surface area contributed by atoms with Crippen LogP contribution in [0.4, 0.5) is 10.8 Å². The monoisotopic (exact) mass is 335 g/mol. The molecule has 0 saturated heterocycles. The summed E-state index contributed by atoms with van der Waals surface area (Å²) in [4.78, 5) is 16.4. The molecule has 3 rings (SSSR count). The van der Waals surface area contributed by atoms with E-state index in [1.165, 1.54) is 11.3 Å². The van der Waals surface area contributed by atoms with Crippen LogP contribution in [0.2, 0.25) is 0 Å². The van der Waals surface area contributed by atoms with Crippen molar-refractivity contribution in [1.29, 1.82) is 0 Å². The average Bonchev–Trinajstić information content (AvgIpc) is 3.15. The van der Waals surface area contributed by atoms with Crippen LogP contribution in [0.15, 0.2) is 23.6 Å². The van der Waals surface area contributed by atoms with E-state index in [2.05, 4.69) is 15.6 Å². The van der Waals surface area contributed by atoms with E-state index in [1.807, 2.05) is 18.2 Å². The Labute approximate surface area is 137 Å². The first-order valence-corrected chi connectivity index (χ1v) is 7.90. The average molecular weight is 335 g/mol. The molecule has 23 heavy (non-hydrogen) atoms. The molecule has 0 aliphatic carbocycles. The molecule has 1 aliphatic heterocycles. The van der Waals surface area contributed by atoms with Crippen molar-refractivity contribution < 1.29 is 19.4 Å². The second-order valence-corrected chi connectivity index (χ2v) is 6.59. The van der Waals surface area contributed by atoms with Crippen LogP contribution in [0.1, 0.15) is 24.3 Å². The van der Waals surface area contributed by atoms with Gasteiger partial charge in [-0.25, -0.2) is 4.98 Å². The van der Waals surface area contributed by atoms with Crippen LogP contribution in [-0.2, 0) is 0 Å². The number of aliphatic hydroxyl groups excluding tert-OH is 1. The van der Waals surface area contributed by atoms with Crippen LogP contribution in [-0.4, -0.2) is 34.9 Å². The Morgan fingerprint density at radius 2 is 2.17 bits per heavy atom. The van der Waals surface area contributed by atoms with E-state index in [9.17, 15) is 9.90 Å². The summed E-state index contributed by atoms with van der Waals surface area (Å²) >= 11 is 1.32. The van der Waals surface area contributed by atoms with E-state index in [1.54, 1.807) is 19.2 Å². The highest BCUT2D eigenvalue weighted by Crippen LogP contribution is 2.35. The predicted octanol–water partition coefficient (Wildman–Crippen LogP) is 2.12. The fourth-order valence-corrected chi connectivity index (χ4v) is 2.65. The van der Waals surface area contributed by atoms with Gasteiger partial charge < -0.3 is 25.2 Å². The fourth-order valence-electron chi connectivity index (χ4n) is 1.94. The van der Waals surface area contributed by atoms with E-state index in [-0.39, 0.29) is 19.3 Å². The molecule has 0 atom stereocenters. The largest absolute Gasteiger partial charge is 0.454 e. The Kier molecular flexibility index (Phi) is 4.10. The molecule has 3 N–H and O–H groups in total. The predicted molar refractivity (Wildman–Crippen MR) is 86.6 cm³/mol. The maximum atomic E-state index is 12.1. The van der Waals surface area contributed by atoms with Crippen molar-refractivity contribution in [1.82, 2.24) is 10.3 Å². The molecule has 1 aromatic heterocycles. The number of amides is 1. The third kappa shape index (κ3) is 3.54. The van der Waals surface area contributed by atoms with Gasteiger partial charge in [-0.2, -0.15) is 0 Å².